The van der Waals surface area contributed by atoms with Crippen LogP contribution in [-0.2, 0) is 14.8 Å². The van der Waals surface area contributed by atoms with Gasteiger partial charge in [-0.05, 0) is 48.0 Å². The van der Waals surface area contributed by atoms with E-state index in [1.54, 1.807) is 16.7 Å². The molecule has 4 aromatic rings. The summed E-state index contributed by atoms with van der Waals surface area (Å²) in [4.78, 5) is 25.9. The molecule has 0 spiro atoms. The molecule has 0 saturated heterocycles. The molecule has 2 aromatic heterocycles. The molecule has 0 saturated carbocycles. The zero-order valence-electron chi connectivity index (χ0n) is 16.6. The van der Waals surface area contributed by atoms with Crippen molar-refractivity contribution in [2.75, 3.05) is 16.3 Å². The van der Waals surface area contributed by atoms with Gasteiger partial charge in [0.25, 0.3) is 11.7 Å². The quantitative estimate of drug-likeness (QED) is 0.357. The van der Waals surface area contributed by atoms with Gasteiger partial charge in [-0.15, -0.1) is 0 Å². The molecular formula is C23H19N3O4S. The molecule has 0 bridgehead atoms. The fraction of sp³-hybridized carbons (Fsp3) is 0.0435. The summed E-state index contributed by atoms with van der Waals surface area (Å²) >= 11 is 0. The maximum Gasteiger partial charge on any atom is 0.298 e. The monoisotopic (exact) mass is 433 g/mol. The number of nitrogens with zero attached hydrogens (tertiary/aromatic N) is 1. The number of ketones is 1. The average molecular weight is 433 g/mol. The van der Waals surface area contributed by atoms with Gasteiger partial charge in [-0.1, -0.05) is 36.4 Å². The summed E-state index contributed by atoms with van der Waals surface area (Å²) in [5, 5.41) is 2.58. The van der Waals surface area contributed by atoms with Gasteiger partial charge in [0, 0.05) is 28.7 Å². The minimum absolute atomic E-state index is 0.273. The van der Waals surface area contributed by atoms with Crippen molar-refractivity contribution in [3.8, 4) is 11.1 Å². The average Bonchev–Trinajstić information content (AvgIpc) is 3.14. The molecule has 0 aliphatic carbocycles. The van der Waals surface area contributed by atoms with Gasteiger partial charge in [0.15, 0.2) is 0 Å². The largest absolute Gasteiger partial charge is 0.319 e. The Morgan fingerprint density at radius 3 is 2.16 bits per heavy atom. The molecule has 0 aliphatic heterocycles. The minimum atomic E-state index is -3.40. The number of sulfonamides is 1. The molecule has 2 aromatic carbocycles. The van der Waals surface area contributed by atoms with Gasteiger partial charge >= 0.3 is 0 Å². The third-order valence-corrected chi connectivity index (χ3v) is 5.24. The number of hydrogen-bond acceptors (Lipinski definition) is 4. The van der Waals surface area contributed by atoms with Crippen LogP contribution < -0.4 is 10.0 Å². The summed E-state index contributed by atoms with van der Waals surface area (Å²) in [6.45, 7) is 0. The molecule has 2 heterocycles. The predicted molar refractivity (Wildman–Crippen MR) is 121 cm³/mol. The van der Waals surface area contributed by atoms with Crippen molar-refractivity contribution in [2.24, 2.45) is 0 Å². The molecule has 2 N–H and O–H groups in total. The van der Waals surface area contributed by atoms with E-state index >= 15 is 0 Å². The van der Waals surface area contributed by atoms with Gasteiger partial charge < -0.3 is 9.72 Å². The number of aromatic nitrogens is 1. The lowest BCUT2D eigenvalue weighted by Crippen LogP contribution is -2.24. The van der Waals surface area contributed by atoms with Crippen molar-refractivity contribution in [3.63, 3.8) is 0 Å². The predicted octanol–water partition coefficient (Wildman–Crippen LogP) is 3.80. The fourth-order valence-corrected chi connectivity index (χ4v) is 3.89. The van der Waals surface area contributed by atoms with Crippen molar-refractivity contribution >= 4 is 38.6 Å². The number of fused-ring (bicyclic) bond motifs is 1. The Balaban J connectivity index is 1.64. The van der Waals surface area contributed by atoms with E-state index in [0.717, 1.165) is 17.3 Å². The molecule has 4 rings (SSSR count). The molecular weight excluding hydrogens is 414 g/mol. The van der Waals surface area contributed by atoms with Crippen LogP contribution in [0.2, 0.25) is 0 Å². The highest BCUT2D eigenvalue weighted by atomic mass is 32.2. The van der Waals surface area contributed by atoms with Crippen LogP contribution in [0.15, 0.2) is 85.1 Å². The van der Waals surface area contributed by atoms with Crippen LogP contribution in [0.1, 0.15) is 10.5 Å². The highest BCUT2D eigenvalue weighted by Gasteiger charge is 2.24. The van der Waals surface area contributed by atoms with E-state index < -0.39 is 21.7 Å². The molecule has 1 amide bonds. The van der Waals surface area contributed by atoms with Gasteiger partial charge in [-0.3, -0.25) is 14.3 Å². The summed E-state index contributed by atoms with van der Waals surface area (Å²) in [6.07, 6.45) is 2.79. The Kier molecular flexibility index (Phi) is 5.31. The zero-order chi connectivity index (χ0) is 22.0. The first-order chi connectivity index (χ1) is 14.8. The second kappa shape index (κ2) is 8.08. The van der Waals surface area contributed by atoms with Gasteiger partial charge in [0.2, 0.25) is 10.0 Å². The Morgan fingerprint density at radius 2 is 1.48 bits per heavy atom. The third-order valence-electron chi connectivity index (χ3n) is 4.63. The number of anilines is 2. The van der Waals surface area contributed by atoms with Crippen LogP contribution in [0, 0.1) is 0 Å². The maximum atomic E-state index is 13.1. The number of Topliss-reactive ketones (excluding diaryl/α,β-unsaturated/α-hetero) is 1. The highest BCUT2D eigenvalue weighted by Crippen LogP contribution is 2.28. The minimum Gasteiger partial charge on any atom is -0.319 e. The van der Waals surface area contributed by atoms with Gasteiger partial charge in [-0.2, -0.15) is 0 Å². The fourth-order valence-electron chi connectivity index (χ4n) is 3.32. The number of benzene rings is 2. The lowest BCUT2D eigenvalue weighted by Gasteiger charge is -2.09. The summed E-state index contributed by atoms with van der Waals surface area (Å²) in [6, 6.07) is 22.9. The first-order valence-electron chi connectivity index (χ1n) is 9.41. The molecule has 0 atom stereocenters. The van der Waals surface area contributed by atoms with Crippen LogP contribution in [-0.4, -0.2) is 30.8 Å². The van der Waals surface area contributed by atoms with Crippen LogP contribution in [0.5, 0.6) is 0 Å². The number of amides is 1. The summed E-state index contributed by atoms with van der Waals surface area (Å²) in [7, 11) is -3.40. The smallest absolute Gasteiger partial charge is 0.298 e. The van der Waals surface area contributed by atoms with Crippen LogP contribution >= 0.6 is 0 Å². The Labute approximate surface area is 179 Å². The van der Waals surface area contributed by atoms with Gasteiger partial charge in [0.05, 0.1) is 6.26 Å². The Morgan fingerprint density at radius 1 is 0.839 bits per heavy atom. The topological polar surface area (TPSA) is 96.8 Å². The number of rotatable bonds is 6. The first kappa shape index (κ1) is 20.4. The van der Waals surface area contributed by atoms with E-state index in [4.69, 9.17) is 0 Å². The number of nitrogens with one attached hydrogen (secondary N) is 2. The molecule has 0 radical (unpaired) electrons. The van der Waals surface area contributed by atoms with E-state index in [9.17, 15) is 18.0 Å². The van der Waals surface area contributed by atoms with Crippen molar-refractivity contribution in [1.29, 1.82) is 0 Å². The summed E-state index contributed by atoms with van der Waals surface area (Å²) in [5.41, 5.74) is 3.30. The van der Waals surface area contributed by atoms with E-state index in [1.807, 2.05) is 48.5 Å². The van der Waals surface area contributed by atoms with Gasteiger partial charge in [0.1, 0.15) is 5.69 Å². The second-order valence-corrected chi connectivity index (χ2v) is 8.75. The van der Waals surface area contributed by atoms with E-state index in [-0.39, 0.29) is 5.69 Å². The van der Waals surface area contributed by atoms with Crippen LogP contribution in [0.25, 0.3) is 16.6 Å². The van der Waals surface area contributed by atoms with Crippen LogP contribution in [0.4, 0.5) is 11.4 Å². The van der Waals surface area contributed by atoms with E-state index in [1.165, 1.54) is 24.3 Å². The Hall–Kier alpha value is -3.91. The van der Waals surface area contributed by atoms with E-state index in [0.29, 0.717) is 16.9 Å². The molecule has 0 aliphatic rings. The highest BCUT2D eigenvalue weighted by molar-refractivity contribution is 7.92. The molecule has 156 valence electrons. The van der Waals surface area contributed by atoms with E-state index in [2.05, 4.69) is 10.0 Å². The number of carbonyl (C=O) groups excluding carboxylic acids is 2. The van der Waals surface area contributed by atoms with Crippen molar-refractivity contribution in [2.45, 2.75) is 0 Å². The van der Waals surface area contributed by atoms with Crippen LogP contribution in [0.3, 0.4) is 0 Å². The molecule has 0 fully saturated rings. The molecule has 7 nitrogen and oxygen atoms in total. The van der Waals surface area contributed by atoms with Crippen molar-refractivity contribution in [3.05, 3.63) is 90.8 Å². The lowest BCUT2D eigenvalue weighted by atomic mass is 10.0. The number of pyridine rings is 1. The second-order valence-electron chi connectivity index (χ2n) is 7.00. The molecule has 0 unspecified atom stereocenters. The number of carbonyl (C=O) groups is 2. The zero-order valence-corrected chi connectivity index (χ0v) is 17.4. The first-order valence-corrected chi connectivity index (χ1v) is 11.3. The third kappa shape index (κ3) is 4.49. The lowest BCUT2D eigenvalue weighted by molar-refractivity contribution is -0.112. The summed E-state index contributed by atoms with van der Waals surface area (Å²) < 4.78 is 26.7. The molecule has 8 heteroatoms. The molecule has 31 heavy (non-hydrogen) atoms. The number of hydrogen-bond donors (Lipinski definition) is 2. The standard InChI is InChI=1S/C23H19N3O4S/c1-31(29,30)25-18-12-10-17(11-13-18)24-23(28)22(27)21-20(16-7-3-2-4-8-16)15-19-9-5-6-14-26(19)21/h2-15,25H,1H3,(H,24,28). The SMILES string of the molecule is CS(=O)(=O)Nc1ccc(NC(=O)C(=O)c2c(-c3ccccc3)cc3ccccn23)cc1. The normalized spacial score (nSPS) is 11.3. The summed E-state index contributed by atoms with van der Waals surface area (Å²) in [5.74, 6) is -1.46. The van der Waals surface area contributed by atoms with Crippen molar-refractivity contribution in [1.82, 2.24) is 4.40 Å². The maximum absolute atomic E-state index is 13.1. The van der Waals surface area contributed by atoms with Crippen molar-refractivity contribution < 1.29 is 18.0 Å². The van der Waals surface area contributed by atoms with Gasteiger partial charge in [-0.25, -0.2) is 8.42 Å². The Bertz CT molecular complexity index is 1380.